The van der Waals surface area contributed by atoms with Crippen LogP contribution in [0.25, 0.3) is 0 Å². The highest BCUT2D eigenvalue weighted by Crippen LogP contribution is 2.19. The number of alkyl carbamates (subject to hydrolysis) is 1. The Balaban J connectivity index is 0.00000576. The van der Waals surface area contributed by atoms with Crippen LogP contribution in [0, 0.1) is 0 Å². The van der Waals surface area contributed by atoms with Crippen LogP contribution in [0.4, 0.5) is 18.0 Å². The second-order valence-electron chi connectivity index (χ2n) is 6.68. The van der Waals surface area contributed by atoms with Crippen molar-refractivity contribution in [3.8, 4) is 0 Å². The first-order valence-corrected chi connectivity index (χ1v) is 8.09. The number of guanidine groups is 1. The van der Waals surface area contributed by atoms with E-state index in [1.807, 2.05) is 11.8 Å². The molecule has 0 spiro atoms. The molecule has 1 amide bonds. The van der Waals surface area contributed by atoms with E-state index in [9.17, 15) is 18.0 Å². The number of alkyl halides is 3. The van der Waals surface area contributed by atoms with Gasteiger partial charge in [0.25, 0.3) is 0 Å². The predicted octanol–water partition coefficient (Wildman–Crippen LogP) is 3.12. The van der Waals surface area contributed by atoms with Gasteiger partial charge in [-0.15, -0.1) is 24.0 Å². The van der Waals surface area contributed by atoms with Gasteiger partial charge in [0.2, 0.25) is 0 Å². The topological polar surface area (TPSA) is 66.0 Å². The molecule has 2 N–H and O–H groups in total. The number of amides is 1. The average Bonchev–Trinajstić information content (AvgIpc) is 2.82. The molecule has 0 bridgehead atoms. The van der Waals surface area contributed by atoms with E-state index in [0.717, 1.165) is 0 Å². The van der Waals surface area contributed by atoms with Crippen LogP contribution in [0.2, 0.25) is 0 Å². The van der Waals surface area contributed by atoms with Crippen molar-refractivity contribution in [3.63, 3.8) is 0 Å². The van der Waals surface area contributed by atoms with Gasteiger partial charge in [-0.1, -0.05) is 0 Å². The van der Waals surface area contributed by atoms with Crippen molar-refractivity contribution in [2.75, 3.05) is 26.2 Å². The van der Waals surface area contributed by atoms with E-state index >= 15 is 0 Å². The molecule has 1 heterocycles. The Kier molecular flexibility index (Phi) is 9.88. The molecule has 1 fully saturated rings. The first kappa shape index (κ1) is 24.1. The molecule has 0 radical (unpaired) electrons. The molecule has 25 heavy (non-hydrogen) atoms. The van der Waals surface area contributed by atoms with E-state index in [4.69, 9.17) is 4.74 Å². The summed E-state index contributed by atoms with van der Waals surface area (Å²) in [4.78, 5) is 17.6. The maximum atomic E-state index is 12.2. The number of likely N-dealkylation sites (tertiary alicyclic amines) is 1. The fraction of sp³-hybridized carbons (Fsp3) is 0.867. The monoisotopic (exact) mass is 480 g/mol. The minimum absolute atomic E-state index is 0. The average molecular weight is 480 g/mol. The number of nitrogens with one attached hydrogen (secondary N) is 2. The molecule has 148 valence electrons. The lowest BCUT2D eigenvalue weighted by molar-refractivity contribution is -0.132. The van der Waals surface area contributed by atoms with E-state index in [2.05, 4.69) is 15.6 Å². The van der Waals surface area contributed by atoms with Gasteiger partial charge >= 0.3 is 12.3 Å². The van der Waals surface area contributed by atoms with Gasteiger partial charge < -0.3 is 20.3 Å². The molecule has 10 heteroatoms. The van der Waals surface area contributed by atoms with Crippen molar-refractivity contribution < 1.29 is 22.7 Å². The Morgan fingerprint density at radius 1 is 1.32 bits per heavy atom. The van der Waals surface area contributed by atoms with Crippen LogP contribution in [0.5, 0.6) is 0 Å². The maximum Gasteiger partial charge on any atom is 0.407 e. The zero-order valence-electron chi connectivity index (χ0n) is 15.1. The van der Waals surface area contributed by atoms with E-state index in [1.165, 1.54) is 0 Å². The third-order valence-electron chi connectivity index (χ3n) is 3.20. The van der Waals surface area contributed by atoms with Crippen molar-refractivity contribution in [2.45, 2.75) is 58.4 Å². The fourth-order valence-electron chi connectivity index (χ4n) is 2.26. The molecule has 0 aromatic rings. The maximum absolute atomic E-state index is 12.2. The third kappa shape index (κ3) is 10.6. The van der Waals surface area contributed by atoms with Crippen molar-refractivity contribution in [1.29, 1.82) is 0 Å². The zero-order valence-corrected chi connectivity index (χ0v) is 17.4. The zero-order chi connectivity index (χ0) is 18.4. The normalized spacial score (nSPS) is 18.6. The fourth-order valence-corrected chi connectivity index (χ4v) is 2.26. The molecule has 0 aromatic carbocycles. The molecule has 6 nitrogen and oxygen atoms in total. The van der Waals surface area contributed by atoms with Crippen molar-refractivity contribution in [1.82, 2.24) is 15.5 Å². The van der Waals surface area contributed by atoms with Crippen LogP contribution >= 0.6 is 24.0 Å². The summed E-state index contributed by atoms with van der Waals surface area (Å²) < 4.78 is 41.9. The summed E-state index contributed by atoms with van der Waals surface area (Å²) >= 11 is 0. The SMILES string of the molecule is CCNC(=NCCC(F)(F)F)N1CCC(NC(=O)OC(C)(C)C)C1.I. The molecule has 1 aliphatic rings. The summed E-state index contributed by atoms with van der Waals surface area (Å²) in [6, 6.07) is -0.119. The van der Waals surface area contributed by atoms with E-state index < -0.39 is 24.3 Å². The molecule has 1 atom stereocenters. The van der Waals surface area contributed by atoms with Crippen LogP contribution in [-0.2, 0) is 4.74 Å². The van der Waals surface area contributed by atoms with Crippen LogP contribution in [0.1, 0.15) is 40.5 Å². The van der Waals surface area contributed by atoms with Crippen molar-refractivity contribution >= 4 is 36.0 Å². The minimum Gasteiger partial charge on any atom is -0.444 e. The summed E-state index contributed by atoms with van der Waals surface area (Å²) in [5.74, 6) is 0.440. The number of carbonyl (C=O) groups excluding carboxylic acids is 1. The molecular formula is C15H28F3IN4O2. The first-order chi connectivity index (χ1) is 11.0. The van der Waals surface area contributed by atoms with E-state index in [-0.39, 0.29) is 36.6 Å². The van der Waals surface area contributed by atoms with Crippen molar-refractivity contribution in [2.24, 2.45) is 4.99 Å². The molecule has 1 saturated heterocycles. The highest BCUT2D eigenvalue weighted by Gasteiger charge is 2.29. The van der Waals surface area contributed by atoms with Crippen LogP contribution in [0.3, 0.4) is 0 Å². The van der Waals surface area contributed by atoms with Gasteiger partial charge in [-0.25, -0.2) is 4.79 Å². The molecule has 0 saturated carbocycles. The summed E-state index contributed by atoms with van der Waals surface area (Å²) in [5, 5.41) is 5.76. The highest BCUT2D eigenvalue weighted by atomic mass is 127. The van der Waals surface area contributed by atoms with E-state index in [0.29, 0.717) is 32.0 Å². The second-order valence-corrected chi connectivity index (χ2v) is 6.68. The number of rotatable bonds is 4. The smallest absolute Gasteiger partial charge is 0.407 e. The van der Waals surface area contributed by atoms with Crippen LogP contribution in [0.15, 0.2) is 4.99 Å². The number of aliphatic imine (C=N–C) groups is 1. The second kappa shape index (κ2) is 10.3. The van der Waals surface area contributed by atoms with Gasteiger partial charge in [0.15, 0.2) is 5.96 Å². The predicted molar refractivity (Wildman–Crippen MR) is 101 cm³/mol. The molecular weight excluding hydrogens is 452 g/mol. The lowest BCUT2D eigenvalue weighted by Crippen LogP contribution is -2.44. The molecule has 1 rings (SSSR count). The highest BCUT2D eigenvalue weighted by molar-refractivity contribution is 14.0. The largest absolute Gasteiger partial charge is 0.444 e. The standard InChI is InChI=1S/C15H27F3N4O2.HI/c1-5-19-12(20-8-7-15(16,17)18)22-9-6-11(10-22)21-13(23)24-14(2,3)4;/h11H,5-10H2,1-4H3,(H,19,20)(H,21,23);1H. The molecule has 1 aliphatic heterocycles. The van der Waals surface area contributed by atoms with E-state index in [1.54, 1.807) is 20.8 Å². The first-order valence-electron chi connectivity index (χ1n) is 8.09. The van der Waals surface area contributed by atoms with Gasteiger partial charge in [-0.3, -0.25) is 4.99 Å². The lowest BCUT2D eigenvalue weighted by atomic mass is 10.2. The number of ether oxygens (including phenoxy) is 1. The van der Waals surface area contributed by atoms with Crippen LogP contribution in [-0.4, -0.2) is 61.0 Å². The molecule has 0 aromatic heterocycles. The van der Waals surface area contributed by atoms with Crippen molar-refractivity contribution in [3.05, 3.63) is 0 Å². The lowest BCUT2D eigenvalue weighted by Gasteiger charge is -2.23. The minimum atomic E-state index is -4.22. The Morgan fingerprint density at radius 2 is 1.96 bits per heavy atom. The molecule has 0 aliphatic carbocycles. The molecule has 1 unspecified atom stereocenters. The Morgan fingerprint density at radius 3 is 2.48 bits per heavy atom. The third-order valence-corrected chi connectivity index (χ3v) is 3.20. The van der Waals surface area contributed by atoms with Gasteiger partial charge in [0, 0.05) is 19.6 Å². The Bertz CT molecular complexity index is 453. The van der Waals surface area contributed by atoms with Crippen LogP contribution < -0.4 is 10.6 Å². The number of nitrogens with zero attached hydrogens (tertiary/aromatic N) is 2. The Hall–Kier alpha value is -0.940. The summed E-state index contributed by atoms with van der Waals surface area (Å²) in [7, 11) is 0. The number of hydrogen-bond acceptors (Lipinski definition) is 3. The van der Waals surface area contributed by atoms with Gasteiger partial charge in [0.1, 0.15) is 5.60 Å². The van der Waals surface area contributed by atoms with Gasteiger partial charge in [0.05, 0.1) is 19.0 Å². The summed E-state index contributed by atoms with van der Waals surface area (Å²) in [5.41, 5.74) is -0.573. The summed E-state index contributed by atoms with van der Waals surface area (Å²) in [6.07, 6.45) is -4.97. The number of hydrogen-bond donors (Lipinski definition) is 2. The van der Waals surface area contributed by atoms with Gasteiger partial charge in [-0.2, -0.15) is 13.2 Å². The summed E-state index contributed by atoms with van der Waals surface area (Å²) in [6.45, 7) is 8.54. The number of halogens is 4. The van der Waals surface area contributed by atoms with Gasteiger partial charge in [-0.05, 0) is 34.1 Å². The Labute approximate surface area is 164 Å². The quantitative estimate of drug-likeness (QED) is 0.369. The number of carbonyl (C=O) groups is 1.